The molecule has 1 heterocycles. The Morgan fingerprint density at radius 2 is 1.42 bits per heavy atom. The van der Waals surface area contributed by atoms with Gasteiger partial charge in [-0.2, -0.15) is 5.10 Å². The molecule has 0 amide bonds. The van der Waals surface area contributed by atoms with Gasteiger partial charge >= 0.3 is 0 Å². The van der Waals surface area contributed by atoms with Gasteiger partial charge in [0.25, 0.3) is 0 Å². The Labute approximate surface area is 180 Å². The number of hydrazone groups is 1. The number of anilines is 1. The van der Waals surface area contributed by atoms with Crippen molar-refractivity contribution >= 4 is 12.2 Å². The molecule has 0 atom stereocenters. The minimum absolute atomic E-state index is 0.289. The third-order valence-corrected chi connectivity index (χ3v) is 4.71. The summed E-state index contributed by atoms with van der Waals surface area (Å²) < 4.78 is 18.3. The van der Waals surface area contributed by atoms with E-state index in [1.165, 1.54) is 17.7 Å². The van der Waals surface area contributed by atoms with Gasteiger partial charge in [-0.05, 0) is 55.0 Å². The summed E-state index contributed by atoms with van der Waals surface area (Å²) in [6, 6.07) is 23.8. The summed E-state index contributed by atoms with van der Waals surface area (Å²) in [6.07, 6.45) is 1.59. The van der Waals surface area contributed by atoms with Crippen molar-refractivity contribution < 1.29 is 9.13 Å². The standard InChI is InChI=1S/C25H21FN4O/c1-17-3-7-19(8-4-17)23-15-24(20-9-13-22(31-2)14-10-20)29-25(28-23)30-27-16-18-5-11-21(26)12-6-18/h3-16H,1-2H3,(H,28,29,30). The monoisotopic (exact) mass is 412 g/mol. The largest absolute Gasteiger partial charge is 0.497 e. The maximum absolute atomic E-state index is 13.1. The third kappa shape index (κ3) is 5.11. The Kier molecular flexibility index (Phi) is 5.98. The van der Waals surface area contributed by atoms with Gasteiger partial charge in [-0.25, -0.2) is 19.8 Å². The van der Waals surface area contributed by atoms with Crippen LogP contribution in [-0.2, 0) is 0 Å². The number of ether oxygens (including phenoxy) is 1. The normalized spacial score (nSPS) is 10.9. The average molecular weight is 412 g/mol. The minimum atomic E-state index is -0.289. The van der Waals surface area contributed by atoms with Crippen LogP contribution >= 0.6 is 0 Å². The number of benzene rings is 3. The first kappa shape index (κ1) is 20.2. The Bertz CT molecular complexity index is 1190. The van der Waals surface area contributed by atoms with Crippen LogP contribution in [0.2, 0.25) is 0 Å². The van der Waals surface area contributed by atoms with Gasteiger partial charge in [0, 0.05) is 11.1 Å². The molecule has 1 aromatic heterocycles. The van der Waals surface area contributed by atoms with E-state index in [2.05, 4.69) is 20.5 Å². The zero-order chi connectivity index (χ0) is 21.6. The van der Waals surface area contributed by atoms with Crippen molar-refractivity contribution in [2.24, 2.45) is 5.10 Å². The SMILES string of the molecule is COc1ccc(-c2cc(-c3ccc(C)cc3)nc(NN=Cc3ccc(F)cc3)n2)cc1. The lowest BCUT2D eigenvalue weighted by molar-refractivity contribution is 0.415. The number of aryl methyl sites for hydroxylation is 1. The van der Waals surface area contributed by atoms with Crippen LogP contribution in [-0.4, -0.2) is 23.3 Å². The quantitative estimate of drug-likeness (QED) is 0.325. The van der Waals surface area contributed by atoms with E-state index in [0.717, 1.165) is 33.8 Å². The lowest BCUT2D eigenvalue weighted by Gasteiger charge is -2.09. The van der Waals surface area contributed by atoms with E-state index in [4.69, 9.17) is 4.74 Å². The molecule has 5 nitrogen and oxygen atoms in total. The first-order valence-electron chi connectivity index (χ1n) is 9.76. The van der Waals surface area contributed by atoms with Crippen LogP contribution in [0.1, 0.15) is 11.1 Å². The minimum Gasteiger partial charge on any atom is -0.497 e. The van der Waals surface area contributed by atoms with Gasteiger partial charge in [0.2, 0.25) is 5.95 Å². The number of nitrogens with zero attached hydrogens (tertiary/aromatic N) is 3. The summed E-state index contributed by atoms with van der Waals surface area (Å²) in [6.45, 7) is 2.05. The second-order valence-corrected chi connectivity index (χ2v) is 6.98. The fraction of sp³-hybridized carbons (Fsp3) is 0.0800. The molecule has 0 aliphatic carbocycles. The lowest BCUT2D eigenvalue weighted by Crippen LogP contribution is -2.00. The van der Waals surface area contributed by atoms with Crippen molar-refractivity contribution in [1.29, 1.82) is 0 Å². The number of hydrogen-bond acceptors (Lipinski definition) is 5. The highest BCUT2D eigenvalue weighted by molar-refractivity contribution is 5.80. The second-order valence-electron chi connectivity index (χ2n) is 6.98. The van der Waals surface area contributed by atoms with Crippen LogP contribution in [0.15, 0.2) is 84.0 Å². The first-order chi connectivity index (χ1) is 15.1. The molecule has 0 spiro atoms. The molecule has 3 aromatic carbocycles. The molecule has 154 valence electrons. The molecule has 0 fully saturated rings. The Morgan fingerprint density at radius 1 is 0.839 bits per heavy atom. The Hall–Kier alpha value is -4.06. The number of methoxy groups -OCH3 is 1. The molecule has 6 heteroatoms. The van der Waals surface area contributed by atoms with E-state index < -0.39 is 0 Å². The molecule has 0 aliphatic heterocycles. The van der Waals surface area contributed by atoms with Crippen molar-refractivity contribution in [2.45, 2.75) is 6.92 Å². The molecule has 31 heavy (non-hydrogen) atoms. The fourth-order valence-corrected chi connectivity index (χ4v) is 2.99. The van der Waals surface area contributed by atoms with Crippen molar-refractivity contribution in [2.75, 3.05) is 12.5 Å². The van der Waals surface area contributed by atoms with Crippen LogP contribution < -0.4 is 10.2 Å². The molecular weight excluding hydrogens is 391 g/mol. The van der Waals surface area contributed by atoms with Gasteiger partial charge in [-0.3, -0.25) is 0 Å². The van der Waals surface area contributed by atoms with E-state index in [-0.39, 0.29) is 5.82 Å². The summed E-state index contributed by atoms with van der Waals surface area (Å²) in [5.41, 5.74) is 8.28. The van der Waals surface area contributed by atoms with Crippen molar-refractivity contribution in [3.8, 4) is 28.3 Å². The number of halogens is 1. The molecule has 0 unspecified atom stereocenters. The van der Waals surface area contributed by atoms with Crippen LogP contribution in [0.3, 0.4) is 0 Å². The van der Waals surface area contributed by atoms with Gasteiger partial charge in [0.05, 0.1) is 24.7 Å². The lowest BCUT2D eigenvalue weighted by atomic mass is 10.1. The van der Waals surface area contributed by atoms with E-state index in [0.29, 0.717) is 5.95 Å². The number of rotatable bonds is 6. The van der Waals surface area contributed by atoms with Gasteiger partial charge in [0.15, 0.2) is 0 Å². The molecule has 4 aromatic rings. The summed E-state index contributed by atoms with van der Waals surface area (Å²) in [7, 11) is 1.64. The van der Waals surface area contributed by atoms with Gasteiger partial charge in [-0.1, -0.05) is 42.0 Å². The van der Waals surface area contributed by atoms with E-state index in [9.17, 15) is 4.39 Å². The third-order valence-electron chi connectivity index (χ3n) is 4.71. The first-order valence-corrected chi connectivity index (χ1v) is 9.76. The van der Waals surface area contributed by atoms with Crippen LogP contribution in [0.4, 0.5) is 10.3 Å². The fourth-order valence-electron chi connectivity index (χ4n) is 2.99. The maximum atomic E-state index is 13.1. The van der Waals surface area contributed by atoms with E-state index in [1.807, 2.05) is 61.5 Å². The predicted octanol–water partition coefficient (Wildman–Crippen LogP) is 5.71. The molecule has 0 aliphatic rings. The molecule has 0 radical (unpaired) electrons. The highest BCUT2D eigenvalue weighted by atomic mass is 19.1. The smallest absolute Gasteiger partial charge is 0.244 e. The molecule has 4 rings (SSSR count). The summed E-state index contributed by atoms with van der Waals surface area (Å²) >= 11 is 0. The Morgan fingerprint density at radius 3 is 2.00 bits per heavy atom. The highest BCUT2D eigenvalue weighted by Gasteiger charge is 2.09. The number of hydrogen-bond donors (Lipinski definition) is 1. The van der Waals surface area contributed by atoms with Crippen LogP contribution in [0.5, 0.6) is 5.75 Å². The molecule has 0 saturated heterocycles. The van der Waals surface area contributed by atoms with Gasteiger partial charge in [-0.15, -0.1) is 0 Å². The predicted molar refractivity (Wildman–Crippen MR) is 122 cm³/mol. The summed E-state index contributed by atoms with van der Waals surface area (Å²) in [4.78, 5) is 9.23. The number of nitrogens with one attached hydrogen (secondary N) is 1. The zero-order valence-electron chi connectivity index (χ0n) is 17.2. The summed E-state index contributed by atoms with van der Waals surface area (Å²) in [5, 5.41) is 4.21. The number of aromatic nitrogens is 2. The van der Waals surface area contributed by atoms with Crippen LogP contribution in [0.25, 0.3) is 22.5 Å². The van der Waals surface area contributed by atoms with Crippen molar-refractivity contribution in [1.82, 2.24) is 9.97 Å². The van der Waals surface area contributed by atoms with Gasteiger partial charge < -0.3 is 4.74 Å². The Balaban J connectivity index is 1.68. The average Bonchev–Trinajstić information content (AvgIpc) is 2.81. The summed E-state index contributed by atoms with van der Waals surface area (Å²) in [5.74, 6) is 0.851. The van der Waals surface area contributed by atoms with Crippen LogP contribution in [0, 0.1) is 12.7 Å². The van der Waals surface area contributed by atoms with Gasteiger partial charge in [0.1, 0.15) is 11.6 Å². The maximum Gasteiger partial charge on any atom is 0.244 e. The van der Waals surface area contributed by atoms with Crippen molar-refractivity contribution in [3.05, 3.63) is 95.8 Å². The van der Waals surface area contributed by atoms with E-state index in [1.54, 1.807) is 25.5 Å². The molecule has 1 N–H and O–H groups in total. The second kappa shape index (κ2) is 9.17. The highest BCUT2D eigenvalue weighted by Crippen LogP contribution is 2.27. The van der Waals surface area contributed by atoms with E-state index >= 15 is 0 Å². The molecular formula is C25H21FN4O. The zero-order valence-corrected chi connectivity index (χ0v) is 17.2. The topological polar surface area (TPSA) is 59.4 Å². The molecule has 0 saturated carbocycles. The molecule has 0 bridgehead atoms. The van der Waals surface area contributed by atoms with Crippen molar-refractivity contribution in [3.63, 3.8) is 0 Å².